The fraction of sp³-hybridized carbons (Fsp3) is 0.211. The van der Waals surface area contributed by atoms with E-state index >= 15 is 0 Å². The number of nitrogens with zero attached hydrogens (tertiary/aromatic N) is 1. The number of benzene rings is 2. The first-order valence-corrected chi connectivity index (χ1v) is 8.47. The molecule has 4 rings (SSSR count). The lowest BCUT2D eigenvalue weighted by molar-refractivity contribution is -0.133. The smallest absolute Gasteiger partial charge is 0.325 e. The number of hydrogen-bond acceptors (Lipinski definition) is 5. The number of rotatable bonds is 4. The van der Waals surface area contributed by atoms with E-state index in [0.29, 0.717) is 17.1 Å². The van der Waals surface area contributed by atoms with Gasteiger partial charge < -0.3 is 20.1 Å². The van der Waals surface area contributed by atoms with Gasteiger partial charge in [0.25, 0.3) is 5.91 Å². The highest BCUT2D eigenvalue weighted by Gasteiger charge is 2.49. The molecule has 2 aromatic rings. The number of carbonyl (C=O) groups excluding carboxylic acids is 3. The molecule has 0 unspecified atom stereocenters. The Morgan fingerprint density at radius 3 is 2.75 bits per heavy atom. The van der Waals surface area contributed by atoms with Crippen molar-refractivity contribution in [1.82, 2.24) is 10.2 Å². The van der Waals surface area contributed by atoms with E-state index < -0.39 is 35.7 Å². The van der Waals surface area contributed by atoms with Crippen molar-refractivity contribution in [3.05, 3.63) is 53.8 Å². The molecule has 2 aromatic carbocycles. The predicted molar refractivity (Wildman–Crippen MR) is 95.2 cm³/mol. The molecule has 4 amide bonds. The Morgan fingerprint density at radius 1 is 1.21 bits per heavy atom. The van der Waals surface area contributed by atoms with Crippen LogP contribution in [-0.2, 0) is 15.1 Å². The van der Waals surface area contributed by atoms with Gasteiger partial charge >= 0.3 is 6.03 Å². The molecule has 1 saturated heterocycles. The van der Waals surface area contributed by atoms with Crippen LogP contribution in [0.25, 0.3) is 0 Å². The summed E-state index contributed by atoms with van der Waals surface area (Å²) in [6.07, 6.45) is 0. The second-order valence-corrected chi connectivity index (χ2v) is 6.54. The van der Waals surface area contributed by atoms with E-state index in [1.54, 1.807) is 31.2 Å². The van der Waals surface area contributed by atoms with Crippen LogP contribution in [0.1, 0.15) is 12.5 Å². The van der Waals surface area contributed by atoms with Crippen LogP contribution in [-0.4, -0.2) is 36.1 Å². The lowest BCUT2D eigenvalue weighted by atomic mass is 9.91. The van der Waals surface area contributed by atoms with Gasteiger partial charge in [-0.3, -0.25) is 14.5 Å². The standard InChI is InChI=1S/C19H16FN3O5/c1-19(11-6-7-14-15(8-11)28-10-27-14)17(25)23(18(26)22-19)9-16(24)21-13-5-3-2-4-12(13)20/h2-8H,9-10H2,1H3,(H,21,24)(H,22,26)/t19-/m1/s1. The van der Waals surface area contributed by atoms with Crippen LogP contribution in [0.4, 0.5) is 14.9 Å². The van der Waals surface area contributed by atoms with E-state index in [4.69, 9.17) is 9.47 Å². The summed E-state index contributed by atoms with van der Waals surface area (Å²) < 4.78 is 24.2. The number of imide groups is 1. The van der Waals surface area contributed by atoms with Crippen LogP contribution >= 0.6 is 0 Å². The van der Waals surface area contributed by atoms with Gasteiger partial charge in [0.2, 0.25) is 12.7 Å². The molecular formula is C19H16FN3O5. The Bertz CT molecular complexity index is 995. The first-order chi connectivity index (χ1) is 13.4. The van der Waals surface area contributed by atoms with Gasteiger partial charge in [-0.2, -0.15) is 0 Å². The highest BCUT2D eigenvalue weighted by atomic mass is 19.1. The molecule has 144 valence electrons. The van der Waals surface area contributed by atoms with Crippen molar-refractivity contribution in [2.45, 2.75) is 12.5 Å². The molecule has 1 atom stereocenters. The molecule has 28 heavy (non-hydrogen) atoms. The molecule has 0 saturated carbocycles. The topological polar surface area (TPSA) is 97.0 Å². The summed E-state index contributed by atoms with van der Waals surface area (Å²) in [6.45, 7) is 1.08. The molecule has 1 fully saturated rings. The zero-order valence-corrected chi connectivity index (χ0v) is 14.8. The van der Waals surface area contributed by atoms with Crippen LogP contribution in [0.15, 0.2) is 42.5 Å². The van der Waals surface area contributed by atoms with Gasteiger partial charge in [0, 0.05) is 0 Å². The third-order valence-corrected chi connectivity index (χ3v) is 4.67. The van der Waals surface area contributed by atoms with Gasteiger partial charge in [-0.15, -0.1) is 0 Å². The molecule has 8 nitrogen and oxygen atoms in total. The van der Waals surface area contributed by atoms with Gasteiger partial charge in [-0.05, 0) is 36.8 Å². The van der Waals surface area contributed by atoms with Crippen LogP contribution < -0.4 is 20.1 Å². The second kappa shape index (κ2) is 6.52. The van der Waals surface area contributed by atoms with Crippen molar-refractivity contribution in [3.63, 3.8) is 0 Å². The Morgan fingerprint density at radius 2 is 1.96 bits per heavy atom. The van der Waals surface area contributed by atoms with E-state index in [1.807, 2.05) is 0 Å². The molecule has 2 aliphatic heterocycles. The first-order valence-electron chi connectivity index (χ1n) is 8.47. The lowest BCUT2D eigenvalue weighted by Gasteiger charge is -2.22. The first kappa shape index (κ1) is 17.8. The molecular weight excluding hydrogens is 369 g/mol. The number of para-hydroxylation sites is 1. The van der Waals surface area contributed by atoms with E-state index in [0.717, 1.165) is 4.90 Å². The van der Waals surface area contributed by atoms with Crippen molar-refractivity contribution in [1.29, 1.82) is 0 Å². The summed E-state index contributed by atoms with van der Waals surface area (Å²) in [7, 11) is 0. The predicted octanol–water partition coefficient (Wildman–Crippen LogP) is 1.96. The molecule has 0 aromatic heterocycles. The average molecular weight is 385 g/mol. The molecule has 9 heteroatoms. The van der Waals surface area contributed by atoms with Gasteiger partial charge in [-0.1, -0.05) is 18.2 Å². The van der Waals surface area contributed by atoms with Crippen molar-refractivity contribution in [3.8, 4) is 11.5 Å². The maximum atomic E-state index is 13.7. The number of carbonyl (C=O) groups is 3. The number of ether oxygens (including phenoxy) is 2. The Balaban J connectivity index is 1.52. The zero-order valence-electron chi connectivity index (χ0n) is 14.8. The Hall–Kier alpha value is -3.62. The quantitative estimate of drug-likeness (QED) is 0.785. The summed E-state index contributed by atoms with van der Waals surface area (Å²) in [5, 5.41) is 4.96. The van der Waals surface area contributed by atoms with Gasteiger partial charge in [0.05, 0.1) is 5.69 Å². The minimum atomic E-state index is -1.36. The molecule has 2 heterocycles. The Kier molecular flexibility index (Phi) is 4.14. The second-order valence-electron chi connectivity index (χ2n) is 6.54. The number of nitrogens with one attached hydrogen (secondary N) is 2. The molecule has 2 N–H and O–H groups in total. The summed E-state index contributed by atoms with van der Waals surface area (Å²) in [5.74, 6) is -0.886. The molecule has 0 spiro atoms. The average Bonchev–Trinajstić information content (AvgIpc) is 3.22. The van der Waals surface area contributed by atoms with Crippen LogP contribution in [0, 0.1) is 5.82 Å². The van der Waals surface area contributed by atoms with Crippen LogP contribution in [0.5, 0.6) is 11.5 Å². The van der Waals surface area contributed by atoms with E-state index in [-0.39, 0.29) is 12.5 Å². The summed E-state index contributed by atoms with van der Waals surface area (Å²) in [4.78, 5) is 38.3. The highest BCUT2D eigenvalue weighted by Crippen LogP contribution is 2.37. The monoisotopic (exact) mass is 385 g/mol. The minimum absolute atomic E-state index is 0.0295. The minimum Gasteiger partial charge on any atom is -0.454 e. The largest absolute Gasteiger partial charge is 0.454 e. The number of anilines is 1. The lowest BCUT2D eigenvalue weighted by Crippen LogP contribution is -2.42. The van der Waals surface area contributed by atoms with E-state index in [9.17, 15) is 18.8 Å². The van der Waals surface area contributed by atoms with Crippen LogP contribution in [0.2, 0.25) is 0 Å². The highest BCUT2D eigenvalue weighted by molar-refractivity contribution is 6.10. The molecule has 0 bridgehead atoms. The van der Waals surface area contributed by atoms with Gasteiger partial charge in [-0.25, -0.2) is 9.18 Å². The number of hydrogen-bond donors (Lipinski definition) is 2. The van der Waals surface area contributed by atoms with Crippen molar-refractivity contribution >= 4 is 23.5 Å². The van der Waals surface area contributed by atoms with E-state index in [2.05, 4.69) is 10.6 Å². The maximum Gasteiger partial charge on any atom is 0.325 e. The molecule has 0 radical (unpaired) electrons. The fourth-order valence-corrected chi connectivity index (χ4v) is 3.14. The van der Waals surface area contributed by atoms with Gasteiger partial charge in [0.15, 0.2) is 11.5 Å². The fourth-order valence-electron chi connectivity index (χ4n) is 3.14. The third kappa shape index (κ3) is 2.90. The number of amides is 4. The number of urea groups is 1. The molecule has 0 aliphatic carbocycles. The zero-order chi connectivity index (χ0) is 19.9. The summed E-state index contributed by atoms with van der Waals surface area (Å²) >= 11 is 0. The Labute approximate surface area is 159 Å². The normalized spacial score (nSPS) is 20.3. The van der Waals surface area contributed by atoms with Gasteiger partial charge in [0.1, 0.15) is 17.9 Å². The van der Waals surface area contributed by atoms with E-state index in [1.165, 1.54) is 18.2 Å². The van der Waals surface area contributed by atoms with Crippen molar-refractivity contribution in [2.75, 3.05) is 18.7 Å². The van der Waals surface area contributed by atoms with Crippen molar-refractivity contribution < 1.29 is 28.2 Å². The molecule has 2 aliphatic rings. The van der Waals surface area contributed by atoms with Crippen molar-refractivity contribution in [2.24, 2.45) is 0 Å². The van der Waals surface area contributed by atoms with Crippen LogP contribution in [0.3, 0.4) is 0 Å². The summed E-state index contributed by atoms with van der Waals surface area (Å²) in [5.41, 5.74) is -0.902. The summed E-state index contributed by atoms with van der Waals surface area (Å²) in [6, 6.07) is 9.82. The third-order valence-electron chi connectivity index (χ3n) is 4.67. The number of fused-ring (bicyclic) bond motifs is 1. The SMILES string of the molecule is C[C@]1(c2ccc3c(c2)OCO3)NC(=O)N(CC(=O)Nc2ccccc2F)C1=O. The maximum absolute atomic E-state index is 13.7. The number of halogens is 1.